The lowest BCUT2D eigenvalue weighted by atomic mass is 9.94. The molecule has 0 spiro atoms. The van der Waals surface area contributed by atoms with E-state index in [0.717, 1.165) is 16.8 Å². The van der Waals surface area contributed by atoms with Crippen LogP contribution in [-0.4, -0.2) is 35.5 Å². The van der Waals surface area contributed by atoms with Crippen LogP contribution in [0.4, 0.5) is 5.69 Å². The summed E-state index contributed by atoms with van der Waals surface area (Å²) in [4.78, 5) is 26.9. The summed E-state index contributed by atoms with van der Waals surface area (Å²) >= 11 is 5.50. The summed E-state index contributed by atoms with van der Waals surface area (Å²) in [5.41, 5.74) is 3.88. The van der Waals surface area contributed by atoms with Crippen LogP contribution in [0.2, 0.25) is 0 Å². The van der Waals surface area contributed by atoms with Crippen LogP contribution in [0.15, 0.2) is 65.9 Å². The molecule has 1 aliphatic rings. The third kappa shape index (κ3) is 5.30. The molecule has 6 nitrogen and oxygen atoms in total. The normalized spacial score (nSPS) is 16.0. The van der Waals surface area contributed by atoms with E-state index < -0.39 is 12.0 Å². The zero-order valence-electron chi connectivity index (χ0n) is 18.0. The van der Waals surface area contributed by atoms with Gasteiger partial charge in [0.1, 0.15) is 0 Å². The van der Waals surface area contributed by atoms with Crippen LogP contribution in [0.1, 0.15) is 37.4 Å². The van der Waals surface area contributed by atoms with Gasteiger partial charge in [0.15, 0.2) is 5.11 Å². The lowest BCUT2D eigenvalue weighted by molar-refractivity contribution is -0.136. The van der Waals surface area contributed by atoms with E-state index in [2.05, 4.69) is 10.6 Å². The monoisotopic (exact) mass is 437 g/mol. The number of benzene rings is 2. The molecule has 0 saturated heterocycles. The molecule has 0 saturated carbocycles. The van der Waals surface area contributed by atoms with Gasteiger partial charge in [0.25, 0.3) is 0 Å². The van der Waals surface area contributed by atoms with Gasteiger partial charge in [0.2, 0.25) is 5.91 Å². The summed E-state index contributed by atoms with van der Waals surface area (Å²) in [6, 6.07) is 16.9. The number of hydrogen-bond donors (Lipinski definition) is 2. The molecule has 1 heterocycles. The zero-order valence-corrected chi connectivity index (χ0v) is 18.8. The van der Waals surface area contributed by atoms with Crippen molar-refractivity contribution < 1.29 is 14.3 Å². The molecular formula is C24H27N3O3S. The number of carbonyl (C=O) groups is 2. The molecule has 31 heavy (non-hydrogen) atoms. The van der Waals surface area contributed by atoms with Crippen LogP contribution in [0.5, 0.6) is 0 Å². The quantitative estimate of drug-likeness (QED) is 0.505. The Hall–Kier alpha value is -3.19. The number of nitrogens with zero attached hydrogens (tertiary/aromatic N) is 1. The Bertz CT molecular complexity index is 1000. The predicted molar refractivity (Wildman–Crippen MR) is 125 cm³/mol. The SMILES string of the molecule is CCN1C(=S)NC(c2cccc(NC(=O)CCc3ccccc3)c2)C(C(=O)OC)=C1C. The van der Waals surface area contributed by atoms with Gasteiger partial charge in [-0.15, -0.1) is 0 Å². The van der Waals surface area contributed by atoms with E-state index in [1.54, 1.807) is 0 Å². The molecular weight excluding hydrogens is 410 g/mol. The summed E-state index contributed by atoms with van der Waals surface area (Å²) < 4.78 is 5.03. The van der Waals surface area contributed by atoms with E-state index in [9.17, 15) is 9.59 Å². The summed E-state index contributed by atoms with van der Waals surface area (Å²) in [5, 5.41) is 6.74. The maximum absolute atomic E-state index is 12.6. The molecule has 0 bridgehead atoms. The number of amides is 1. The van der Waals surface area contributed by atoms with E-state index in [0.29, 0.717) is 35.8 Å². The van der Waals surface area contributed by atoms with Gasteiger partial charge in [0.05, 0.1) is 18.7 Å². The third-order valence-corrected chi connectivity index (χ3v) is 5.64. The first-order chi connectivity index (χ1) is 14.9. The topological polar surface area (TPSA) is 70.7 Å². The molecule has 1 amide bonds. The van der Waals surface area contributed by atoms with Gasteiger partial charge in [-0.1, -0.05) is 42.5 Å². The second-order valence-corrected chi connectivity index (χ2v) is 7.66. The van der Waals surface area contributed by atoms with Gasteiger partial charge in [-0.25, -0.2) is 4.79 Å². The Balaban J connectivity index is 1.79. The summed E-state index contributed by atoms with van der Waals surface area (Å²) in [7, 11) is 1.37. The molecule has 7 heteroatoms. The predicted octanol–water partition coefficient (Wildman–Crippen LogP) is 3.96. The van der Waals surface area contributed by atoms with Crippen molar-refractivity contribution in [2.75, 3.05) is 19.0 Å². The molecule has 0 aliphatic carbocycles. The molecule has 2 aromatic rings. The van der Waals surface area contributed by atoms with Crippen LogP contribution in [0.3, 0.4) is 0 Å². The maximum atomic E-state index is 12.6. The molecule has 1 aliphatic heterocycles. The fraction of sp³-hybridized carbons (Fsp3) is 0.292. The summed E-state index contributed by atoms with van der Waals surface area (Å²) in [5.74, 6) is -0.474. The van der Waals surface area contributed by atoms with Crippen LogP contribution < -0.4 is 10.6 Å². The molecule has 2 aromatic carbocycles. The summed E-state index contributed by atoms with van der Waals surface area (Å²) in [6.45, 7) is 4.48. The van der Waals surface area contributed by atoms with Gasteiger partial charge < -0.3 is 20.3 Å². The average molecular weight is 438 g/mol. The van der Waals surface area contributed by atoms with Gasteiger partial charge >= 0.3 is 5.97 Å². The molecule has 3 rings (SSSR count). The number of ether oxygens (including phenoxy) is 1. The number of nitrogens with one attached hydrogen (secondary N) is 2. The number of allylic oxidation sites excluding steroid dienone is 1. The van der Waals surface area contributed by atoms with E-state index in [1.807, 2.05) is 73.3 Å². The van der Waals surface area contributed by atoms with Crippen LogP contribution in [0.25, 0.3) is 0 Å². The van der Waals surface area contributed by atoms with E-state index in [4.69, 9.17) is 17.0 Å². The zero-order chi connectivity index (χ0) is 22.4. The minimum absolute atomic E-state index is 0.0646. The second kappa shape index (κ2) is 10.2. The number of aryl methyl sites for hydroxylation is 1. The standard InChI is InChI=1S/C24H27N3O3S/c1-4-27-16(2)21(23(29)30-3)22(26-24(27)31)18-11-8-12-19(15-18)25-20(28)14-13-17-9-6-5-7-10-17/h5-12,15,22H,4,13-14H2,1-3H3,(H,25,28)(H,26,31). The van der Waals surface area contributed by atoms with Crippen molar-refractivity contribution in [2.45, 2.75) is 32.7 Å². The minimum Gasteiger partial charge on any atom is -0.466 e. The van der Waals surface area contributed by atoms with Crippen molar-refractivity contribution in [3.63, 3.8) is 0 Å². The molecule has 1 unspecified atom stereocenters. The first kappa shape index (κ1) is 22.5. The number of esters is 1. The fourth-order valence-corrected chi connectivity index (χ4v) is 4.09. The highest BCUT2D eigenvalue weighted by atomic mass is 32.1. The van der Waals surface area contributed by atoms with E-state index in [1.165, 1.54) is 7.11 Å². The van der Waals surface area contributed by atoms with Gasteiger partial charge in [-0.3, -0.25) is 4.79 Å². The number of rotatable bonds is 7. The van der Waals surface area contributed by atoms with Crippen molar-refractivity contribution in [3.05, 3.63) is 77.0 Å². The van der Waals surface area contributed by atoms with Crippen LogP contribution >= 0.6 is 12.2 Å². The minimum atomic E-state index is -0.455. The first-order valence-electron chi connectivity index (χ1n) is 10.3. The Morgan fingerprint density at radius 1 is 1.16 bits per heavy atom. The molecule has 0 aromatic heterocycles. The Labute approximate surface area is 188 Å². The number of methoxy groups -OCH3 is 1. The highest BCUT2D eigenvalue weighted by molar-refractivity contribution is 7.80. The van der Waals surface area contributed by atoms with Crippen LogP contribution in [0, 0.1) is 0 Å². The average Bonchev–Trinajstić information content (AvgIpc) is 2.78. The Morgan fingerprint density at radius 2 is 1.90 bits per heavy atom. The van der Waals surface area contributed by atoms with Crippen molar-refractivity contribution in [2.24, 2.45) is 0 Å². The van der Waals surface area contributed by atoms with Crippen molar-refractivity contribution in [3.8, 4) is 0 Å². The fourth-order valence-electron chi connectivity index (χ4n) is 3.71. The summed E-state index contributed by atoms with van der Waals surface area (Å²) in [6.07, 6.45) is 1.06. The molecule has 162 valence electrons. The lowest BCUT2D eigenvalue weighted by Crippen LogP contribution is -2.47. The van der Waals surface area contributed by atoms with Crippen molar-refractivity contribution in [1.82, 2.24) is 10.2 Å². The van der Waals surface area contributed by atoms with Crippen LogP contribution in [-0.2, 0) is 20.7 Å². The van der Waals surface area contributed by atoms with Gasteiger partial charge in [-0.05, 0) is 55.7 Å². The largest absolute Gasteiger partial charge is 0.466 e. The highest BCUT2D eigenvalue weighted by Gasteiger charge is 2.34. The molecule has 2 N–H and O–H groups in total. The van der Waals surface area contributed by atoms with E-state index in [-0.39, 0.29) is 5.91 Å². The highest BCUT2D eigenvalue weighted by Crippen LogP contribution is 2.32. The molecule has 0 radical (unpaired) electrons. The lowest BCUT2D eigenvalue weighted by Gasteiger charge is -2.37. The maximum Gasteiger partial charge on any atom is 0.337 e. The van der Waals surface area contributed by atoms with Crippen molar-refractivity contribution in [1.29, 1.82) is 0 Å². The first-order valence-corrected chi connectivity index (χ1v) is 10.7. The van der Waals surface area contributed by atoms with Crippen molar-refractivity contribution >= 4 is 34.9 Å². The number of anilines is 1. The number of hydrogen-bond acceptors (Lipinski definition) is 4. The number of carbonyl (C=O) groups excluding carboxylic acids is 2. The molecule has 1 atom stereocenters. The second-order valence-electron chi connectivity index (χ2n) is 7.28. The Kier molecular flexibility index (Phi) is 7.41. The Morgan fingerprint density at radius 3 is 2.58 bits per heavy atom. The van der Waals surface area contributed by atoms with E-state index >= 15 is 0 Å². The smallest absolute Gasteiger partial charge is 0.337 e. The van der Waals surface area contributed by atoms with Gasteiger partial charge in [0, 0.05) is 24.4 Å². The molecule has 0 fully saturated rings. The van der Waals surface area contributed by atoms with Gasteiger partial charge in [-0.2, -0.15) is 0 Å². The third-order valence-electron chi connectivity index (χ3n) is 5.31. The number of thiocarbonyl (C=S) groups is 1.